The number of hydrogen-bond donors (Lipinski definition) is 2. The van der Waals surface area contributed by atoms with Crippen molar-refractivity contribution in [3.63, 3.8) is 0 Å². The van der Waals surface area contributed by atoms with Crippen molar-refractivity contribution in [2.24, 2.45) is 0 Å². The lowest BCUT2D eigenvalue weighted by Crippen LogP contribution is -2.32. The molecule has 0 amide bonds. The van der Waals surface area contributed by atoms with Crippen molar-refractivity contribution in [1.29, 1.82) is 0 Å². The number of rotatable bonds is 5. The molecule has 0 heterocycles. The van der Waals surface area contributed by atoms with Gasteiger partial charge in [-0.15, -0.1) is 0 Å². The molecule has 0 aliphatic heterocycles. The van der Waals surface area contributed by atoms with E-state index in [2.05, 4.69) is 5.32 Å². The first-order valence-corrected chi connectivity index (χ1v) is 6.34. The Morgan fingerprint density at radius 1 is 1.41 bits per heavy atom. The van der Waals surface area contributed by atoms with Crippen molar-refractivity contribution < 1.29 is 9.84 Å². The van der Waals surface area contributed by atoms with Crippen LogP contribution in [0.5, 0.6) is 5.75 Å². The van der Waals surface area contributed by atoms with E-state index in [-0.39, 0.29) is 12.6 Å². The highest BCUT2D eigenvalue weighted by Crippen LogP contribution is 2.23. The van der Waals surface area contributed by atoms with Crippen molar-refractivity contribution >= 4 is 0 Å². The molecule has 1 fully saturated rings. The average molecular weight is 235 g/mol. The molecule has 0 aromatic heterocycles. The second-order valence-corrected chi connectivity index (χ2v) is 4.66. The van der Waals surface area contributed by atoms with Crippen LogP contribution in [0.25, 0.3) is 0 Å². The minimum atomic E-state index is 0.0215. The third-order valence-electron chi connectivity index (χ3n) is 3.47. The fourth-order valence-corrected chi connectivity index (χ4v) is 2.49. The van der Waals surface area contributed by atoms with E-state index >= 15 is 0 Å². The Labute approximate surface area is 103 Å². The van der Waals surface area contributed by atoms with Gasteiger partial charge < -0.3 is 15.2 Å². The summed E-state index contributed by atoms with van der Waals surface area (Å²) in [4.78, 5) is 0. The predicted octanol–water partition coefficient (Wildman–Crippen LogP) is 2.26. The van der Waals surface area contributed by atoms with Crippen molar-refractivity contribution in [3.8, 4) is 5.75 Å². The van der Waals surface area contributed by atoms with Crippen LogP contribution in [-0.4, -0.2) is 24.9 Å². The number of aliphatic hydroxyl groups excluding tert-OH is 1. The first-order chi connectivity index (χ1) is 8.33. The van der Waals surface area contributed by atoms with Gasteiger partial charge in [0.1, 0.15) is 5.75 Å². The number of aliphatic hydroxyl groups is 1. The van der Waals surface area contributed by atoms with Gasteiger partial charge in [0, 0.05) is 6.04 Å². The van der Waals surface area contributed by atoms with Gasteiger partial charge in [0.15, 0.2) is 0 Å². The number of benzene rings is 1. The molecule has 1 aromatic carbocycles. The topological polar surface area (TPSA) is 41.5 Å². The Morgan fingerprint density at radius 2 is 2.18 bits per heavy atom. The summed E-state index contributed by atoms with van der Waals surface area (Å²) in [5, 5.41) is 13.0. The molecule has 94 valence electrons. The smallest absolute Gasteiger partial charge is 0.119 e. The first kappa shape index (κ1) is 12.4. The Kier molecular flexibility index (Phi) is 4.40. The van der Waals surface area contributed by atoms with Gasteiger partial charge in [0.05, 0.1) is 19.8 Å². The highest BCUT2D eigenvalue weighted by atomic mass is 16.5. The van der Waals surface area contributed by atoms with Crippen LogP contribution < -0.4 is 10.1 Å². The van der Waals surface area contributed by atoms with Gasteiger partial charge in [-0.3, -0.25) is 0 Å². The molecule has 0 radical (unpaired) electrons. The van der Waals surface area contributed by atoms with Crippen LogP contribution in [0.1, 0.15) is 37.3 Å². The van der Waals surface area contributed by atoms with Gasteiger partial charge >= 0.3 is 0 Å². The molecular weight excluding hydrogens is 214 g/mol. The van der Waals surface area contributed by atoms with Crippen molar-refractivity contribution in [2.75, 3.05) is 13.7 Å². The lowest BCUT2D eigenvalue weighted by atomic mass is 10.1. The molecule has 0 saturated heterocycles. The van der Waals surface area contributed by atoms with E-state index in [9.17, 15) is 5.11 Å². The molecule has 2 rings (SSSR count). The largest absolute Gasteiger partial charge is 0.497 e. The molecule has 1 aliphatic rings. The van der Waals surface area contributed by atoms with Crippen LogP contribution in [0.3, 0.4) is 0 Å². The highest BCUT2D eigenvalue weighted by molar-refractivity contribution is 5.30. The van der Waals surface area contributed by atoms with E-state index < -0.39 is 0 Å². The molecule has 0 spiro atoms. The summed E-state index contributed by atoms with van der Waals surface area (Å²) in [6.45, 7) is 0.129. The zero-order chi connectivity index (χ0) is 12.1. The minimum Gasteiger partial charge on any atom is -0.497 e. The predicted molar refractivity (Wildman–Crippen MR) is 68.2 cm³/mol. The second kappa shape index (κ2) is 6.03. The molecular formula is C14H21NO2. The van der Waals surface area contributed by atoms with Gasteiger partial charge in [-0.1, -0.05) is 25.0 Å². The monoisotopic (exact) mass is 235 g/mol. The second-order valence-electron chi connectivity index (χ2n) is 4.66. The van der Waals surface area contributed by atoms with Crippen LogP contribution in [-0.2, 0) is 0 Å². The van der Waals surface area contributed by atoms with Gasteiger partial charge in [-0.25, -0.2) is 0 Å². The van der Waals surface area contributed by atoms with E-state index in [4.69, 9.17) is 4.74 Å². The summed E-state index contributed by atoms with van der Waals surface area (Å²) in [5.41, 5.74) is 1.10. The fourth-order valence-electron chi connectivity index (χ4n) is 2.49. The average Bonchev–Trinajstić information content (AvgIpc) is 2.89. The van der Waals surface area contributed by atoms with Gasteiger partial charge in [-0.05, 0) is 30.5 Å². The quantitative estimate of drug-likeness (QED) is 0.822. The van der Waals surface area contributed by atoms with Gasteiger partial charge in [-0.2, -0.15) is 0 Å². The van der Waals surface area contributed by atoms with Crippen molar-refractivity contribution in [1.82, 2.24) is 5.32 Å². The van der Waals surface area contributed by atoms with Crippen LogP contribution in [0, 0.1) is 0 Å². The Bertz CT molecular complexity index is 348. The van der Waals surface area contributed by atoms with Gasteiger partial charge in [0.2, 0.25) is 0 Å². The molecule has 1 aliphatic carbocycles. The SMILES string of the molecule is COc1cccc(C(CO)NC2CCCC2)c1. The number of hydrogen-bond acceptors (Lipinski definition) is 3. The van der Waals surface area contributed by atoms with Crippen LogP contribution in [0.4, 0.5) is 0 Å². The zero-order valence-corrected chi connectivity index (χ0v) is 10.4. The number of ether oxygens (including phenoxy) is 1. The van der Waals surface area contributed by atoms with Gasteiger partial charge in [0.25, 0.3) is 0 Å². The molecule has 17 heavy (non-hydrogen) atoms. The maximum absolute atomic E-state index is 9.50. The lowest BCUT2D eigenvalue weighted by molar-refractivity contribution is 0.232. The highest BCUT2D eigenvalue weighted by Gasteiger charge is 2.19. The van der Waals surface area contributed by atoms with E-state index in [0.717, 1.165) is 11.3 Å². The normalized spacial score (nSPS) is 18.2. The third-order valence-corrected chi connectivity index (χ3v) is 3.47. The van der Waals surface area contributed by atoms with Crippen LogP contribution >= 0.6 is 0 Å². The molecule has 1 saturated carbocycles. The number of methoxy groups -OCH3 is 1. The van der Waals surface area contributed by atoms with E-state index in [1.54, 1.807) is 7.11 Å². The standard InChI is InChI=1S/C14H21NO2/c1-17-13-8-4-5-11(9-13)14(10-16)15-12-6-2-3-7-12/h4-5,8-9,12,14-16H,2-3,6-7,10H2,1H3. The van der Waals surface area contributed by atoms with Crippen molar-refractivity contribution in [3.05, 3.63) is 29.8 Å². The summed E-state index contributed by atoms with van der Waals surface area (Å²) < 4.78 is 5.21. The van der Waals surface area contributed by atoms with Crippen LogP contribution in [0.15, 0.2) is 24.3 Å². The lowest BCUT2D eigenvalue weighted by Gasteiger charge is -2.21. The maximum atomic E-state index is 9.50. The zero-order valence-electron chi connectivity index (χ0n) is 10.4. The Balaban J connectivity index is 2.04. The third kappa shape index (κ3) is 3.20. The van der Waals surface area contributed by atoms with Crippen LogP contribution in [0.2, 0.25) is 0 Å². The summed E-state index contributed by atoms with van der Waals surface area (Å²) in [7, 11) is 1.66. The van der Waals surface area contributed by atoms with E-state index in [1.165, 1.54) is 25.7 Å². The summed E-state index contributed by atoms with van der Waals surface area (Å²) in [6, 6.07) is 8.49. The summed E-state index contributed by atoms with van der Waals surface area (Å²) in [6.07, 6.45) is 5.04. The molecule has 0 bridgehead atoms. The first-order valence-electron chi connectivity index (χ1n) is 6.34. The molecule has 2 N–H and O–H groups in total. The minimum absolute atomic E-state index is 0.0215. The molecule has 3 heteroatoms. The molecule has 1 aromatic rings. The molecule has 1 unspecified atom stereocenters. The van der Waals surface area contributed by atoms with Crippen molar-refractivity contribution in [2.45, 2.75) is 37.8 Å². The summed E-state index contributed by atoms with van der Waals surface area (Å²) >= 11 is 0. The fraction of sp³-hybridized carbons (Fsp3) is 0.571. The number of nitrogens with one attached hydrogen (secondary N) is 1. The Morgan fingerprint density at radius 3 is 2.82 bits per heavy atom. The maximum Gasteiger partial charge on any atom is 0.119 e. The van der Waals surface area contributed by atoms with E-state index in [1.807, 2.05) is 24.3 Å². The Hall–Kier alpha value is -1.06. The molecule has 1 atom stereocenters. The summed E-state index contributed by atoms with van der Waals surface area (Å²) in [5.74, 6) is 0.842. The molecule has 3 nitrogen and oxygen atoms in total. The van der Waals surface area contributed by atoms with E-state index in [0.29, 0.717) is 6.04 Å².